The summed E-state index contributed by atoms with van der Waals surface area (Å²) in [4.78, 5) is 14.7. The van der Waals surface area contributed by atoms with Crippen molar-refractivity contribution in [1.82, 2.24) is 10.2 Å². The Balaban J connectivity index is 1.25. The van der Waals surface area contributed by atoms with Crippen LogP contribution < -0.4 is 5.32 Å². The summed E-state index contributed by atoms with van der Waals surface area (Å²) in [5.41, 5.74) is 6.92. The molecule has 3 aliphatic rings. The van der Waals surface area contributed by atoms with Gasteiger partial charge in [-0.1, -0.05) is 42.5 Å². The molecule has 1 heterocycles. The van der Waals surface area contributed by atoms with Gasteiger partial charge in [0.15, 0.2) is 0 Å². The number of rotatable bonds is 6. The summed E-state index contributed by atoms with van der Waals surface area (Å²) in [6, 6.07) is 15.7. The SMILES string of the molecule is O=C(C[C@@H]1COCCN1Cc1ccc2c(c1)Cc1ccccc1-2)NCC1CC1. The topological polar surface area (TPSA) is 41.6 Å². The van der Waals surface area contributed by atoms with Crippen LogP contribution in [0.2, 0.25) is 0 Å². The molecule has 1 aliphatic heterocycles. The van der Waals surface area contributed by atoms with Crippen LogP contribution >= 0.6 is 0 Å². The molecule has 1 amide bonds. The number of benzene rings is 2. The molecule has 2 aromatic carbocycles. The minimum Gasteiger partial charge on any atom is -0.378 e. The van der Waals surface area contributed by atoms with Crippen molar-refractivity contribution in [2.45, 2.75) is 38.3 Å². The van der Waals surface area contributed by atoms with Gasteiger partial charge in [0.2, 0.25) is 5.91 Å². The molecule has 0 bridgehead atoms. The van der Waals surface area contributed by atoms with E-state index < -0.39 is 0 Å². The lowest BCUT2D eigenvalue weighted by molar-refractivity contribution is -0.124. The lowest BCUT2D eigenvalue weighted by Crippen LogP contribution is -2.47. The monoisotopic (exact) mass is 376 g/mol. The highest BCUT2D eigenvalue weighted by molar-refractivity contribution is 5.77. The largest absolute Gasteiger partial charge is 0.378 e. The first-order chi connectivity index (χ1) is 13.8. The Labute approximate surface area is 166 Å². The predicted octanol–water partition coefficient (Wildman–Crippen LogP) is 3.37. The van der Waals surface area contributed by atoms with Crippen LogP contribution in [0.25, 0.3) is 11.1 Å². The molecule has 2 aliphatic carbocycles. The fraction of sp³-hybridized carbons (Fsp3) is 0.458. The van der Waals surface area contributed by atoms with Crippen molar-refractivity contribution in [3.8, 4) is 11.1 Å². The van der Waals surface area contributed by atoms with Crippen LogP contribution in [0.1, 0.15) is 36.0 Å². The van der Waals surface area contributed by atoms with Gasteiger partial charge in [0.05, 0.1) is 13.2 Å². The maximum Gasteiger partial charge on any atom is 0.221 e. The zero-order valence-corrected chi connectivity index (χ0v) is 16.3. The zero-order valence-electron chi connectivity index (χ0n) is 16.3. The predicted molar refractivity (Wildman–Crippen MR) is 110 cm³/mol. The third kappa shape index (κ3) is 3.85. The molecule has 0 unspecified atom stereocenters. The summed E-state index contributed by atoms with van der Waals surface area (Å²) in [6.45, 7) is 4.01. The summed E-state index contributed by atoms with van der Waals surface area (Å²) in [6.07, 6.45) is 4.08. The minimum absolute atomic E-state index is 0.164. The maximum atomic E-state index is 12.3. The van der Waals surface area contributed by atoms with Gasteiger partial charge in [-0.2, -0.15) is 0 Å². The average Bonchev–Trinajstić information content (AvgIpc) is 3.47. The summed E-state index contributed by atoms with van der Waals surface area (Å²) in [7, 11) is 0. The smallest absolute Gasteiger partial charge is 0.221 e. The zero-order chi connectivity index (χ0) is 18.9. The van der Waals surface area contributed by atoms with Crippen molar-refractivity contribution in [2.75, 3.05) is 26.3 Å². The van der Waals surface area contributed by atoms with E-state index in [1.165, 1.54) is 40.7 Å². The number of morpholine rings is 1. The van der Waals surface area contributed by atoms with Crippen LogP contribution in [0.15, 0.2) is 42.5 Å². The molecule has 0 aromatic heterocycles. The van der Waals surface area contributed by atoms with Gasteiger partial charge in [0.25, 0.3) is 0 Å². The first-order valence-electron chi connectivity index (χ1n) is 10.5. The Morgan fingerprint density at radius 2 is 1.96 bits per heavy atom. The second kappa shape index (κ2) is 7.69. The standard InChI is InChI=1S/C24H28N2O2/c27-24(25-14-17-5-6-17)13-21-16-28-10-9-26(21)15-18-7-8-23-20(11-18)12-19-3-1-2-4-22(19)23/h1-4,7-8,11,17,21H,5-6,9-10,12-16H2,(H,25,27)/t21-/m1/s1. The van der Waals surface area contributed by atoms with E-state index >= 15 is 0 Å². The second-order valence-corrected chi connectivity index (χ2v) is 8.48. The van der Waals surface area contributed by atoms with Gasteiger partial charge >= 0.3 is 0 Å². The number of fused-ring (bicyclic) bond motifs is 3. The molecule has 146 valence electrons. The highest BCUT2D eigenvalue weighted by atomic mass is 16.5. The van der Waals surface area contributed by atoms with Crippen molar-refractivity contribution >= 4 is 5.91 Å². The van der Waals surface area contributed by atoms with Gasteiger partial charge in [0, 0.05) is 32.1 Å². The van der Waals surface area contributed by atoms with E-state index in [1.807, 2.05) is 0 Å². The lowest BCUT2D eigenvalue weighted by atomic mass is 10.0. The Hall–Kier alpha value is -2.17. The molecule has 0 radical (unpaired) electrons. The molecular formula is C24H28N2O2. The third-order valence-corrected chi connectivity index (χ3v) is 6.30. The lowest BCUT2D eigenvalue weighted by Gasteiger charge is -2.35. The van der Waals surface area contributed by atoms with Crippen molar-refractivity contribution in [2.24, 2.45) is 5.92 Å². The molecule has 1 saturated heterocycles. The maximum absolute atomic E-state index is 12.3. The van der Waals surface area contributed by atoms with Crippen molar-refractivity contribution in [1.29, 1.82) is 0 Å². The van der Waals surface area contributed by atoms with Gasteiger partial charge < -0.3 is 10.1 Å². The van der Waals surface area contributed by atoms with E-state index in [0.717, 1.165) is 38.6 Å². The number of amides is 1. The first-order valence-corrected chi connectivity index (χ1v) is 10.5. The van der Waals surface area contributed by atoms with Gasteiger partial charge in [0.1, 0.15) is 0 Å². The number of nitrogens with zero attached hydrogens (tertiary/aromatic N) is 1. The fourth-order valence-corrected chi connectivity index (χ4v) is 4.48. The van der Waals surface area contributed by atoms with Crippen LogP contribution in [-0.4, -0.2) is 43.2 Å². The van der Waals surface area contributed by atoms with E-state index in [2.05, 4.69) is 52.7 Å². The van der Waals surface area contributed by atoms with Gasteiger partial charge in [-0.05, 0) is 53.0 Å². The summed E-state index contributed by atoms with van der Waals surface area (Å²) in [5.74, 6) is 0.884. The molecule has 4 heteroatoms. The molecule has 5 rings (SSSR count). The Morgan fingerprint density at radius 3 is 2.86 bits per heavy atom. The number of hydrogen-bond acceptors (Lipinski definition) is 3. The average molecular weight is 377 g/mol. The molecule has 28 heavy (non-hydrogen) atoms. The van der Waals surface area contributed by atoms with E-state index in [4.69, 9.17) is 4.74 Å². The molecule has 2 fully saturated rings. The number of nitrogens with one attached hydrogen (secondary N) is 1. The first kappa shape index (κ1) is 17.9. The summed E-state index contributed by atoms with van der Waals surface area (Å²) < 4.78 is 5.68. The molecule has 1 atom stereocenters. The molecule has 0 spiro atoms. The Bertz CT molecular complexity index is 875. The quantitative estimate of drug-likeness (QED) is 0.717. The van der Waals surface area contributed by atoms with E-state index in [1.54, 1.807) is 0 Å². The third-order valence-electron chi connectivity index (χ3n) is 6.30. The Kier molecular flexibility index (Phi) is 4.91. The van der Waals surface area contributed by atoms with Crippen LogP contribution in [0.4, 0.5) is 0 Å². The van der Waals surface area contributed by atoms with E-state index in [9.17, 15) is 4.79 Å². The number of carbonyl (C=O) groups is 1. The van der Waals surface area contributed by atoms with Gasteiger partial charge in [-0.15, -0.1) is 0 Å². The van der Waals surface area contributed by atoms with Crippen LogP contribution in [-0.2, 0) is 22.5 Å². The van der Waals surface area contributed by atoms with E-state index in [0.29, 0.717) is 13.0 Å². The number of ether oxygens (including phenoxy) is 1. The molecular weight excluding hydrogens is 348 g/mol. The van der Waals surface area contributed by atoms with Crippen LogP contribution in [0.5, 0.6) is 0 Å². The molecule has 4 nitrogen and oxygen atoms in total. The van der Waals surface area contributed by atoms with Gasteiger partial charge in [-0.25, -0.2) is 0 Å². The minimum atomic E-state index is 0.164. The van der Waals surface area contributed by atoms with Crippen LogP contribution in [0, 0.1) is 5.92 Å². The summed E-state index contributed by atoms with van der Waals surface area (Å²) >= 11 is 0. The second-order valence-electron chi connectivity index (χ2n) is 8.48. The highest BCUT2D eigenvalue weighted by Crippen LogP contribution is 2.37. The van der Waals surface area contributed by atoms with Crippen molar-refractivity contribution in [3.63, 3.8) is 0 Å². The van der Waals surface area contributed by atoms with Crippen LogP contribution in [0.3, 0.4) is 0 Å². The molecule has 2 aromatic rings. The van der Waals surface area contributed by atoms with Gasteiger partial charge in [-0.3, -0.25) is 9.69 Å². The molecule has 1 saturated carbocycles. The normalized spacial score (nSPS) is 21.2. The number of hydrogen-bond donors (Lipinski definition) is 1. The van der Waals surface area contributed by atoms with Crippen molar-refractivity contribution < 1.29 is 9.53 Å². The highest BCUT2D eigenvalue weighted by Gasteiger charge is 2.27. The summed E-state index contributed by atoms with van der Waals surface area (Å²) in [5, 5.41) is 3.10. The molecule has 1 N–H and O–H groups in total. The van der Waals surface area contributed by atoms with E-state index in [-0.39, 0.29) is 11.9 Å². The number of carbonyl (C=O) groups excluding carboxylic acids is 1. The Morgan fingerprint density at radius 1 is 1.11 bits per heavy atom. The van der Waals surface area contributed by atoms with Crippen molar-refractivity contribution in [3.05, 3.63) is 59.2 Å². The fourth-order valence-electron chi connectivity index (χ4n) is 4.48.